The normalized spacial score (nSPS) is 10.8. The van der Waals surface area contributed by atoms with Gasteiger partial charge in [0.15, 0.2) is 12.0 Å². The van der Waals surface area contributed by atoms with Crippen LogP contribution in [0.3, 0.4) is 0 Å². The van der Waals surface area contributed by atoms with E-state index < -0.39 is 0 Å². The molecule has 0 saturated carbocycles. The van der Waals surface area contributed by atoms with E-state index in [9.17, 15) is 9.59 Å². The zero-order chi connectivity index (χ0) is 23.2. The van der Waals surface area contributed by atoms with Crippen molar-refractivity contribution in [3.05, 3.63) is 89.2 Å². The van der Waals surface area contributed by atoms with Gasteiger partial charge in [-0.15, -0.1) is 0 Å². The molecular weight excluding hydrogens is 416 g/mol. The Morgan fingerprint density at radius 1 is 0.970 bits per heavy atom. The molecule has 0 amide bonds. The molecule has 0 unspecified atom stereocenters. The first-order chi connectivity index (χ1) is 16.1. The Kier molecular flexibility index (Phi) is 6.89. The van der Waals surface area contributed by atoms with Crippen LogP contribution in [0.5, 0.6) is 5.75 Å². The molecule has 3 aromatic carbocycles. The molecule has 0 aliphatic heterocycles. The van der Waals surface area contributed by atoms with Crippen LogP contribution < -0.4 is 4.74 Å². The molecule has 0 N–H and O–H groups in total. The largest absolute Gasteiger partial charge is 0.489 e. The number of hydrogen-bond acceptors (Lipinski definition) is 5. The quantitative estimate of drug-likeness (QED) is 0.229. The third-order valence-electron chi connectivity index (χ3n) is 5.46. The van der Waals surface area contributed by atoms with Crippen molar-refractivity contribution in [3.8, 4) is 16.9 Å². The summed E-state index contributed by atoms with van der Waals surface area (Å²) in [6.45, 7) is 4.55. The zero-order valence-electron chi connectivity index (χ0n) is 18.8. The number of benzene rings is 3. The maximum absolute atomic E-state index is 12.0. The van der Waals surface area contributed by atoms with Gasteiger partial charge in [-0.25, -0.2) is 0 Å². The van der Waals surface area contributed by atoms with Crippen LogP contribution in [0, 0.1) is 0 Å². The third-order valence-corrected chi connectivity index (χ3v) is 5.46. The number of fused-ring (bicyclic) bond motifs is 1. The molecule has 1 heterocycles. The molecule has 1 aromatic heterocycles. The highest BCUT2D eigenvalue weighted by Crippen LogP contribution is 2.33. The standard InChI is InChI=1S/C28H26O5/c1-3-19-8-7-10-21(12-19)25-14-20(13-23-15-24(17-29)33-28(23)25)18-32-26-11-6-5-9-22(26)16-27(30)31-4-2/h5-15,17H,3-4,16,18H2,1-2H3. The van der Waals surface area contributed by atoms with Crippen LogP contribution in [0.4, 0.5) is 0 Å². The maximum atomic E-state index is 12.0. The Bertz CT molecular complexity index is 1280. The maximum Gasteiger partial charge on any atom is 0.310 e. The second-order valence-corrected chi connectivity index (χ2v) is 7.76. The lowest BCUT2D eigenvalue weighted by molar-refractivity contribution is -0.142. The molecule has 0 fully saturated rings. The molecule has 0 atom stereocenters. The lowest BCUT2D eigenvalue weighted by atomic mass is 9.98. The number of furan rings is 1. The molecule has 4 aromatic rings. The van der Waals surface area contributed by atoms with E-state index in [2.05, 4.69) is 19.1 Å². The van der Waals surface area contributed by atoms with Crippen LogP contribution in [0.1, 0.15) is 41.1 Å². The van der Waals surface area contributed by atoms with Crippen LogP contribution in [-0.2, 0) is 29.0 Å². The Morgan fingerprint density at radius 2 is 1.82 bits per heavy atom. The Hall–Kier alpha value is -3.86. The van der Waals surface area contributed by atoms with Gasteiger partial charge in [0.25, 0.3) is 0 Å². The summed E-state index contributed by atoms with van der Waals surface area (Å²) in [5.74, 6) is 0.643. The third kappa shape index (κ3) is 5.14. The van der Waals surface area contributed by atoms with Gasteiger partial charge in [0.05, 0.1) is 13.0 Å². The van der Waals surface area contributed by atoms with Gasteiger partial charge in [0.2, 0.25) is 0 Å². The minimum absolute atomic E-state index is 0.155. The molecular formula is C28H26O5. The minimum Gasteiger partial charge on any atom is -0.489 e. The Morgan fingerprint density at radius 3 is 2.61 bits per heavy atom. The summed E-state index contributed by atoms with van der Waals surface area (Å²) >= 11 is 0. The van der Waals surface area contributed by atoms with Crippen molar-refractivity contribution in [1.82, 2.24) is 0 Å². The fourth-order valence-electron chi connectivity index (χ4n) is 3.87. The number of aryl methyl sites for hydroxylation is 1. The van der Waals surface area contributed by atoms with Gasteiger partial charge in [0, 0.05) is 16.5 Å². The van der Waals surface area contributed by atoms with E-state index in [-0.39, 0.29) is 18.2 Å². The number of carbonyl (C=O) groups is 2. The van der Waals surface area contributed by atoms with Gasteiger partial charge < -0.3 is 13.9 Å². The summed E-state index contributed by atoms with van der Waals surface area (Å²) in [5.41, 5.74) is 5.54. The number of rotatable bonds is 9. The van der Waals surface area contributed by atoms with Gasteiger partial charge >= 0.3 is 5.97 Å². The van der Waals surface area contributed by atoms with Crippen molar-refractivity contribution < 1.29 is 23.5 Å². The molecule has 0 bridgehead atoms. The molecule has 0 radical (unpaired) electrons. The highest BCUT2D eigenvalue weighted by atomic mass is 16.5. The van der Waals surface area contributed by atoms with Crippen LogP contribution in [0.2, 0.25) is 0 Å². The van der Waals surface area contributed by atoms with Crippen LogP contribution in [0.15, 0.2) is 71.1 Å². The lowest BCUT2D eigenvalue weighted by Gasteiger charge is -2.13. The molecule has 0 aliphatic carbocycles. The topological polar surface area (TPSA) is 65.7 Å². The molecule has 33 heavy (non-hydrogen) atoms. The summed E-state index contributed by atoms with van der Waals surface area (Å²) < 4.78 is 17.0. The lowest BCUT2D eigenvalue weighted by Crippen LogP contribution is -2.09. The van der Waals surface area contributed by atoms with E-state index in [1.807, 2.05) is 48.5 Å². The smallest absolute Gasteiger partial charge is 0.310 e. The highest BCUT2D eigenvalue weighted by molar-refractivity contribution is 5.96. The molecule has 0 saturated heterocycles. The molecule has 5 nitrogen and oxygen atoms in total. The Balaban J connectivity index is 1.67. The first-order valence-corrected chi connectivity index (χ1v) is 11.1. The monoisotopic (exact) mass is 442 g/mol. The predicted octanol–water partition coefficient (Wildman–Crippen LogP) is 6.16. The first-order valence-electron chi connectivity index (χ1n) is 11.1. The Labute approximate surface area is 192 Å². The number of aldehydes is 1. The van der Waals surface area contributed by atoms with E-state index in [4.69, 9.17) is 13.9 Å². The van der Waals surface area contributed by atoms with Gasteiger partial charge in [-0.1, -0.05) is 49.4 Å². The number of para-hydroxylation sites is 1. The van der Waals surface area contributed by atoms with Gasteiger partial charge in [-0.05, 0) is 54.3 Å². The molecule has 0 aliphatic rings. The van der Waals surface area contributed by atoms with Crippen LogP contribution in [0.25, 0.3) is 22.1 Å². The summed E-state index contributed by atoms with van der Waals surface area (Å²) in [7, 11) is 0. The van der Waals surface area contributed by atoms with E-state index >= 15 is 0 Å². The first kappa shape index (κ1) is 22.3. The molecule has 168 valence electrons. The summed E-state index contributed by atoms with van der Waals surface area (Å²) in [6, 6.07) is 21.5. The van der Waals surface area contributed by atoms with Crippen molar-refractivity contribution in [3.63, 3.8) is 0 Å². The highest BCUT2D eigenvalue weighted by Gasteiger charge is 2.14. The van der Waals surface area contributed by atoms with Crippen molar-refractivity contribution >= 4 is 23.2 Å². The number of ether oxygens (including phenoxy) is 2. The predicted molar refractivity (Wildman–Crippen MR) is 128 cm³/mol. The summed E-state index contributed by atoms with van der Waals surface area (Å²) in [6.07, 6.45) is 1.80. The zero-order valence-corrected chi connectivity index (χ0v) is 18.8. The fraction of sp³-hybridized carbons (Fsp3) is 0.214. The van der Waals surface area contributed by atoms with Crippen molar-refractivity contribution in [1.29, 1.82) is 0 Å². The fourth-order valence-corrected chi connectivity index (χ4v) is 3.87. The van der Waals surface area contributed by atoms with Gasteiger partial charge in [-0.2, -0.15) is 0 Å². The number of esters is 1. The van der Waals surface area contributed by atoms with E-state index in [1.54, 1.807) is 13.0 Å². The molecule has 0 spiro atoms. The van der Waals surface area contributed by atoms with Crippen LogP contribution in [-0.4, -0.2) is 18.9 Å². The summed E-state index contributed by atoms with van der Waals surface area (Å²) in [4.78, 5) is 23.3. The van der Waals surface area contributed by atoms with Gasteiger partial charge in [0.1, 0.15) is 17.9 Å². The number of hydrogen-bond donors (Lipinski definition) is 0. The van der Waals surface area contributed by atoms with Crippen molar-refractivity contribution in [2.45, 2.75) is 33.3 Å². The van der Waals surface area contributed by atoms with E-state index in [0.29, 0.717) is 30.8 Å². The van der Waals surface area contributed by atoms with E-state index in [0.717, 1.165) is 34.1 Å². The minimum atomic E-state index is -0.284. The molecule has 4 rings (SSSR count). The second-order valence-electron chi connectivity index (χ2n) is 7.76. The van der Waals surface area contributed by atoms with Gasteiger partial charge in [-0.3, -0.25) is 9.59 Å². The SMILES string of the molecule is CCOC(=O)Cc1ccccc1OCc1cc(-c2cccc(CC)c2)c2oc(C=O)cc2c1. The van der Waals surface area contributed by atoms with Crippen LogP contribution >= 0.6 is 0 Å². The van der Waals surface area contributed by atoms with Crippen molar-refractivity contribution in [2.24, 2.45) is 0 Å². The second kappa shape index (κ2) is 10.2. The average Bonchev–Trinajstić information content (AvgIpc) is 3.26. The van der Waals surface area contributed by atoms with Crippen molar-refractivity contribution in [2.75, 3.05) is 6.61 Å². The molecule has 5 heteroatoms. The number of carbonyl (C=O) groups excluding carboxylic acids is 2. The average molecular weight is 443 g/mol. The summed E-state index contributed by atoms with van der Waals surface area (Å²) in [5, 5.41) is 0.843. The van der Waals surface area contributed by atoms with E-state index in [1.165, 1.54) is 5.56 Å².